The number of amides is 10. The van der Waals surface area contributed by atoms with Crippen molar-refractivity contribution in [3.05, 3.63) is 169 Å². The van der Waals surface area contributed by atoms with Crippen LogP contribution in [0.15, 0.2) is 126 Å². The van der Waals surface area contributed by atoms with Gasteiger partial charge in [0.1, 0.15) is 124 Å². The van der Waals surface area contributed by atoms with Gasteiger partial charge in [-0.25, -0.2) is 9.55 Å². The summed E-state index contributed by atoms with van der Waals surface area (Å²) in [5, 5.41) is 144. The summed E-state index contributed by atoms with van der Waals surface area (Å²) in [4.78, 5) is 173. The lowest BCUT2D eigenvalue weighted by atomic mass is 9.86. The zero-order chi connectivity index (χ0) is 98.1. The molecule has 49 heteroatoms. The van der Waals surface area contributed by atoms with Crippen LogP contribution >= 0.6 is 57.9 Å². The van der Waals surface area contributed by atoms with Gasteiger partial charge in [-0.05, 0) is 116 Å². The monoisotopic (exact) mass is 1980 g/mol. The number of oxime groups is 1. The third kappa shape index (κ3) is 21.4. The molecule has 0 radical (unpaired) electrons. The quantitative estimate of drug-likeness (QED) is 0.0114. The topological polar surface area (TPSA) is 676 Å². The van der Waals surface area contributed by atoms with Gasteiger partial charge in [-0.1, -0.05) is 89.4 Å². The molecular weight excluding hydrogens is 1890 g/mol. The first-order valence-electron chi connectivity index (χ1n) is 42.4. The molecule has 136 heavy (non-hydrogen) atoms. The number of thioether (sulfide) groups is 1. The van der Waals surface area contributed by atoms with Crippen LogP contribution in [0.4, 0.5) is 5.13 Å². The predicted molar refractivity (Wildman–Crippen MR) is 477 cm³/mol. The van der Waals surface area contributed by atoms with E-state index in [1.54, 1.807) is 49.0 Å². The van der Waals surface area contributed by atoms with E-state index in [1.807, 2.05) is 0 Å². The van der Waals surface area contributed by atoms with Crippen molar-refractivity contribution < 1.29 is 142 Å². The maximum Gasteiger partial charge on any atom is 0.276 e. The van der Waals surface area contributed by atoms with Gasteiger partial charge in [-0.3, -0.25) is 52.8 Å². The van der Waals surface area contributed by atoms with Crippen molar-refractivity contribution in [3.8, 4) is 57.1 Å². The van der Waals surface area contributed by atoms with Crippen LogP contribution in [0.1, 0.15) is 117 Å². The number of anilines is 1. The van der Waals surface area contributed by atoms with E-state index in [0.29, 0.717) is 5.57 Å². The van der Waals surface area contributed by atoms with Crippen molar-refractivity contribution in [2.75, 3.05) is 38.3 Å². The number of benzene rings is 5. The van der Waals surface area contributed by atoms with Crippen molar-refractivity contribution in [1.82, 2.24) is 57.7 Å². The number of carbonyl (C=O) groups is 11. The number of pyridine rings is 1. The molecule has 16 rings (SSSR count). The number of halogens is 3. The molecule has 7 aromatic rings. The maximum atomic E-state index is 16.4. The Morgan fingerprint density at radius 3 is 2.04 bits per heavy atom. The second kappa shape index (κ2) is 41.7. The number of likely N-dealkylation sites (N-methyl/N-ethyl adjacent to an activating group) is 1. The minimum Gasteiger partial charge on any atom is -0.543 e. The van der Waals surface area contributed by atoms with Gasteiger partial charge in [0.2, 0.25) is 59.3 Å². The minimum atomic E-state index is -2.41. The molecule has 2 aromatic heterocycles. The Morgan fingerprint density at radius 1 is 0.765 bits per heavy atom. The number of aliphatic hydroxyl groups excluding tert-OH is 6. The van der Waals surface area contributed by atoms with Crippen LogP contribution in [-0.2, 0) is 78.3 Å². The highest BCUT2D eigenvalue weighted by molar-refractivity contribution is 8.00. The standard InChI is InChI=1S/C87H95Cl3N16O28S2/c1-33(2)20-45(94-5)74(117)100-62-66(112)36-11-14-49(43(88)22-36)130-51-24-38-25-52(70(51)134-85-71(69(115)68(114)53(31-107)132-85)133-55-29-87(4,93)72(116)34(3)129-55)131-50-15-12-37(23-44(50)89)67(113)63-81(124)99-59(42-26-40(108)27-48(110)56(42)41-21-35(10-13-47(41)109)57(77(120)101-63)98-78(121)58(38)97-75(118)46(28-54(91)111)96-80(62)123)76(119)95-16-9-19-128-104-61(60-73(90)136-86(92)103-60)79(122)102-64-82(125)106-65(84(126)127)39(32-135-83(64)106)30-105-17-7-6-8-18-105/h6-8,10-15,17-18,21-27,33-34,45-46,53,55,57-59,62-64,66-69,71-72,83,85,94,107,112-116H,9,16,19-20,28-32,93H2,1-5H3,(H15-,91,92,95,96,97,98,99,100,101,102,103,104,108,109,110,111,117,118,119,120,121,122,123,124,126,127)/t34-,45+,46-,53+,55-,57+,58+,59-,62+,63-,64+,66+,67+,68+,69-,71+,72+,83+,85-,87-/m0/s1. The first kappa shape index (κ1) is 99.6. The molecule has 0 spiro atoms. The average Bonchev–Trinajstić information content (AvgIpc) is 0.767. The van der Waals surface area contributed by atoms with Crippen LogP contribution in [0.25, 0.3) is 11.1 Å². The second-order valence-corrected chi connectivity index (χ2v) is 37.2. The number of nitrogens with one attached hydrogen (secondary N) is 9. The van der Waals surface area contributed by atoms with Crippen molar-refractivity contribution in [1.29, 1.82) is 0 Å². The normalized spacial score (nSPS) is 27.1. The summed E-state index contributed by atoms with van der Waals surface area (Å²) in [5.41, 5.74) is 13.1. The van der Waals surface area contributed by atoms with E-state index < -0.39 is 296 Å². The molecule has 0 saturated carbocycles. The van der Waals surface area contributed by atoms with Crippen molar-refractivity contribution in [3.63, 3.8) is 0 Å². The molecule has 44 nitrogen and oxygen atoms in total. The highest BCUT2D eigenvalue weighted by Gasteiger charge is 2.55. The molecule has 3 fully saturated rings. The smallest absolute Gasteiger partial charge is 0.276 e. The number of phenols is 3. The molecule has 10 amide bonds. The molecule has 9 aliphatic rings. The summed E-state index contributed by atoms with van der Waals surface area (Å²) in [6.07, 6.45) is -15.9. The predicted octanol–water partition coefficient (Wildman–Crippen LogP) is -0.968. The average molecular weight is 1980 g/mol. The van der Waals surface area contributed by atoms with E-state index in [0.717, 1.165) is 83.0 Å². The molecule has 24 N–H and O–H groups in total. The van der Waals surface area contributed by atoms with Gasteiger partial charge in [0, 0.05) is 65.6 Å². The number of primary amides is 1. The summed E-state index contributed by atoms with van der Waals surface area (Å²) in [6, 6.07) is 2.92. The summed E-state index contributed by atoms with van der Waals surface area (Å²) in [5.74, 6) is -19.2. The Kier molecular flexibility index (Phi) is 30.5. The summed E-state index contributed by atoms with van der Waals surface area (Å²) in [7, 11) is 1.46. The van der Waals surface area contributed by atoms with Gasteiger partial charge in [-0.15, -0.1) is 11.8 Å². The van der Waals surface area contributed by atoms with E-state index in [-0.39, 0.29) is 75.2 Å². The van der Waals surface area contributed by atoms with Gasteiger partial charge in [-0.2, -0.15) is 0 Å². The summed E-state index contributed by atoms with van der Waals surface area (Å²) in [6.45, 7) is 4.79. The highest BCUT2D eigenvalue weighted by Crippen LogP contribution is 2.51. The molecule has 11 bridgehead atoms. The van der Waals surface area contributed by atoms with Gasteiger partial charge in [0.25, 0.3) is 11.8 Å². The van der Waals surface area contributed by atoms with E-state index in [9.17, 15) is 75.0 Å². The van der Waals surface area contributed by atoms with Crippen LogP contribution in [0.2, 0.25) is 14.4 Å². The molecule has 724 valence electrons. The van der Waals surface area contributed by atoms with Crippen LogP contribution < -0.4 is 88.9 Å². The molecule has 3 saturated heterocycles. The number of nitrogen functional groups attached to an aromatic ring is 1. The fourth-order valence-corrected chi connectivity index (χ4v) is 19.2. The van der Waals surface area contributed by atoms with Crippen LogP contribution in [0.3, 0.4) is 0 Å². The van der Waals surface area contributed by atoms with Crippen molar-refractivity contribution in [2.24, 2.45) is 22.5 Å². The minimum absolute atomic E-state index is 0.107. The highest BCUT2D eigenvalue weighted by atomic mass is 35.5. The van der Waals surface area contributed by atoms with Gasteiger partial charge in [0.05, 0.1) is 53.0 Å². The Labute approximate surface area is 795 Å². The molecule has 20 atom stereocenters. The number of aliphatic carboxylic acids is 1. The number of ether oxygens (including phenoxy) is 6. The number of fused-ring (bicyclic) bond motifs is 16. The molecular formula is C87H95Cl3N16O28S2. The number of thiazole rings is 1. The zero-order valence-corrected chi connectivity index (χ0v) is 76.5. The van der Waals surface area contributed by atoms with Crippen LogP contribution in [0.5, 0.6) is 46.0 Å². The van der Waals surface area contributed by atoms with Crippen molar-refractivity contribution >= 4 is 134 Å². The van der Waals surface area contributed by atoms with E-state index in [2.05, 4.69) is 58.0 Å². The van der Waals surface area contributed by atoms with Gasteiger partial charge < -0.3 is 154 Å². The lowest BCUT2D eigenvalue weighted by Crippen LogP contribution is -2.71. The van der Waals surface area contributed by atoms with Crippen molar-refractivity contribution in [2.45, 2.75) is 181 Å². The number of nitrogens with two attached hydrogens (primary N) is 3. The number of aliphatic hydroxyl groups is 6. The third-order valence-corrected chi connectivity index (χ3v) is 26.4. The zero-order valence-electron chi connectivity index (χ0n) is 72.6. The largest absolute Gasteiger partial charge is 0.543 e. The van der Waals surface area contributed by atoms with E-state index >= 15 is 28.8 Å². The molecule has 0 unspecified atom stereocenters. The molecule has 0 aliphatic carbocycles. The van der Waals surface area contributed by atoms with E-state index in [1.165, 1.54) is 44.8 Å². The number of nitrogens with zero attached hydrogens (tertiary/aromatic N) is 4. The van der Waals surface area contributed by atoms with Crippen LogP contribution in [0, 0.1) is 5.92 Å². The fourth-order valence-electron chi connectivity index (χ4n) is 16.5. The SMILES string of the molecule is CN[C@H](CC(C)C)C(=O)N[C@H]1C(=O)N[C@@H](CC(N)=O)C(=O)N[C@H]2C(=O)N[C@H]3C(=O)N[C@H](C(=O)N[C@H](C(=O)NCCCO/N=C(\C(=O)N[C@@H]4C(=O)N5C(C(=O)[O-])=C(C[n+]6ccccc6)CS[C@H]45)c4nc(N)sc4Cl)c4cc(O)cc(O)c4-c4cc3ccc4O)[C@H](O)c3ccc(c(Cl)c3)Oc3cc2cc(c3O[C@@H]2O[C@H](CO)[C@@H](O)[C@H](O)[C@H]2O[C@H]2C[C@](C)(N)[C@H](O)[C@H](C)O2)Oc2ccc(cc2Cl)[C@H]1O. The van der Waals surface area contributed by atoms with Gasteiger partial charge in [0.15, 0.2) is 53.7 Å². The second-order valence-electron chi connectivity index (χ2n) is 33.6. The number of carboxylic acids is 1. The number of β-lactam (4-membered cyclic amide) rings is 1. The Morgan fingerprint density at radius 2 is 1.42 bits per heavy atom. The first-order chi connectivity index (χ1) is 64.6. The fraction of sp³-hybridized carbons (Fsp3) is 0.402. The number of aromatic hydroxyl groups is 3. The Bertz CT molecular complexity index is 5920. The van der Waals surface area contributed by atoms with E-state index in [4.69, 9.17) is 85.3 Å². The Balaban J connectivity index is 0.849. The Hall–Kier alpha value is -12.4. The van der Waals surface area contributed by atoms with Crippen LogP contribution in [-0.4, -0.2) is 249 Å². The first-order valence-corrected chi connectivity index (χ1v) is 45.4. The summed E-state index contributed by atoms with van der Waals surface area (Å²) >= 11 is 22.8. The molecule has 5 aromatic carbocycles. The number of hydrogen-bond acceptors (Lipinski definition) is 35. The number of carboxylic acid groups (broad SMARTS) is 1. The lowest BCUT2D eigenvalue weighted by Gasteiger charge is -2.50. The third-order valence-electron chi connectivity index (χ3n) is 23.4. The number of carbonyl (C=O) groups excluding carboxylic acids is 11. The number of rotatable bonds is 24. The maximum absolute atomic E-state index is 16.4. The number of phenolic OH excluding ortho intramolecular Hbond substituents is 3. The number of aromatic nitrogens is 2. The van der Waals surface area contributed by atoms with Gasteiger partial charge >= 0.3 is 0 Å². The summed E-state index contributed by atoms with van der Waals surface area (Å²) < 4.78 is 40.3. The molecule has 11 heterocycles. The number of hydrogen-bond donors (Lipinski definition) is 21. The molecule has 9 aliphatic heterocycles. The lowest BCUT2D eigenvalue weighted by molar-refractivity contribution is -0.689.